The molecule has 18 heavy (non-hydrogen) atoms. The lowest BCUT2D eigenvalue weighted by Gasteiger charge is -1.98. The van der Waals surface area contributed by atoms with Gasteiger partial charge in [-0.25, -0.2) is 9.82 Å². The van der Waals surface area contributed by atoms with E-state index in [1.807, 2.05) is 6.92 Å². The second-order valence-corrected chi connectivity index (χ2v) is 3.65. The summed E-state index contributed by atoms with van der Waals surface area (Å²) in [5.41, 5.74) is 2.66. The Bertz CT molecular complexity index is 573. The fourth-order valence-corrected chi connectivity index (χ4v) is 1.34. The third kappa shape index (κ3) is 3.04. The van der Waals surface area contributed by atoms with Gasteiger partial charge in [0.25, 0.3) is 5.91 Å². The van der Waals surface area contributed by atoms with Crippen molar-refractivity contribution in [3.63, 3.8) is 0 Å². The minimum absolute atomic E-state index is 0.337. The summed E-state index contributed by atoms with van der Waals surface area (Å²) in [6.07, 6.45) is 1.40. The highest BCUT2D eigenvalue weighted by Gasteiger charge is 2.03. The summed E-state index contributed by atoms with van der Waals surface area (Å²) in [6.45, 7) is 1.81. The zero-order chi connectivity index (χ0) is 13.0. The third-order valence-electron chi connectivity index (χ3n) is 2.23. The van der Waals surface area contributed by atoms with Gasteiger partial charge in [-0.1, -0.05) is 0 Å². The topological polar surface area (TPSA) is 54.6 Å². The zero-order valence-corrected chi connectivity index (χ0v) is 9.68. The summed E-state index contributed by atoms with van der Waals surface area (Å²) < 4.78 is 17.9. The molecule has 0 saturated carbocycles. The monoisotopic (exact) mass is 246 g/mol. The number of benzene rings is 1. The van der Waals surface area contributed by atoms with Crippen LogP contribution >= 0.6 is 0 Å². The van der Waals surface area contributed by atoms with Crippen molar-refractivity contribution in [3.8, 4) is 0 Å². The quantitative estimate of drug-likeness (QED) is 0.668. The third-order valence-corrected chi connectivity index (χ3v) is 2.23. The lowest BCUT2D eigenvalue weighted by molar-refractivity contribution is 0.0955. The maximum absolute atomic E-state index is 12.7. The van der Waals surface area contributed by atoms with Crippen LogP contribution in [-0.4, -0.2) is 12.1 Å². The fourth-order valence-electron chi connectivity index (χ4n) is 1.34. The van der Waals surface area contributed by atoms with E-state index in [4.69, 9.17) is 4.42 Å². The molecule has 2 aromatic rings. The summed E-state index contributed by atoms with van der Waals surface area (Å²) in [6, 6.07) is 8.74. The van der Waals surface area contributed by atoms with E-state index < -0.39 is 5.91 Å². The molecule has 0 spiro atoms. The standard InChI is InChI=1S/C13H11FN2O2/c1-9-2-7-12(18-9)8-15-16-13(17)10-3-5-11(14)6-4-10/h2-8H,1H3,(H,16,17)/b15-8-. The predicted molar refractivity (Wildman–Crippen MR) is 64.9 cm³/mol. The first kappa shape index (κ1) is 12.0. The molecule has 0 unspecified atom stereocenters. The number of carbonyl (C=O) groups excluding carboxylic acids is 1. The van der Waals surface area contributed by atoms with Gasteiger partial charge in [0.1, 0.15) is 17.3 Å². The Morgan fingerprint density at radius 1 is 1.28 bits per heavy atom. The van der Waals surface area contributed by atoms with Gasteiger partial charge < -0.3 is 4.42 Å². The number of amides is 1. The molecular formula is C13H11FN2O2. The molecule has 92 valence electrons. The maximum Gasteiger partial charge on any atom is 0.271 e. The van der Waals surface area contributed by atoms with E-state index in [0.29, 0.717) is 11.3 Å². The van der Waals surface area contributed by atoms with Crippen molar-refractivity contribution in [2.24, 2.45) is 5.10 Å². The van der Waals surface area contributed by atoms with Crippen LogP contribution in [0.3, 0.4) is 0 Å². The average molecular weight is 246 g/mol. The fraction of sp³-hybridized carbons (Fsp3) is 0.0769. The Hall–Kier alpha value is -2.43. The van der Waals surface area contributed by atoms with Crippen LogP contribution in [0.5, 0.6) is 0 Å². The summed E-state index contributed by atoms with van der Waals surface area (Å²) in [7, 11) is 0. The van der Waals surface area contributed by atoms with Crippen LogP contribution in [0, 0.1) is 12.7 Å². The lowest BCUT2D eigenvalue weighted by Crippen LogP contribution is -2.17. The van der Waals surface area contributed by atoms with Gasteiger partial charge >= 0.3 is 0 Å². The van der Waals surface area contributed by atoms with Crippen molar-refractivity contribution in [2.45, 2.75) is 6.92 Å². The number of carbonyl (C=O) groups is 1. The van der Waals surface area contributed by atoms with Gasteiger partial charge in [-0.15, -0.1) is 0 Å². The minimum atomic E-state index is -0.408. The van der Waals surface area contributed by atoms with Crippen molar-refractivity contribution < 1.29 is 13.6 Å². The van der Waals surface area contributed by atoms with Crippen LogP contribution in [0.25, 0.3) is 0 Å². The van der Waals surface area contributed by atoms with Gasteiger partial charge in [0.2, 0.25) is 0 Å². The molecule has 0 bridgehead atoms. The van der Waals surface area contributed by atoms with Crippen LogP contribution < -0.4 is 5.43 Å². The Morgan fingerprint density at radius 3 is 2.61 bits per heavy atom. The molecule has 0 fully saturated rings. The Morgan fingerprint density at radius 2 is 2.00 bits per heavy atom. The Kier molecular flexibility index (Phi) is 3.52. The van der Waals surface area contributed by atoms with Crippen molar-refractivity contribution in [1.82, 2.24) is 5.43 Å². The van der Waals surface area contributed by atoms with Crippen LogP contribution in [0.1, 0.15) is 21.9 Å². The number of hydrogen-bond donors (Lipinski definition) is 1. The van der Waals surface area contributed by atoms with E-state index in [2.05, 4.69) is 10.5 Å². The molecule has 0 atom stereocenters. The number of hydrogen-bond acceptors (Lipinski definition) is 3. The molecule has 0 aliphatic rings. The van der Waals surface area contributed by atoms with Crippen molar-refractivity contribution in [1.29, 1.82) is 0 Å². The summed E-state index contributed by atoms with van der Waals surface area (Å²) in [5.74, 6) is 0.517. The smallest absolute Gasteiger partial charge is 0.271 e. The molecule has 2 rings (SSSR count). The second-order valence-electron chi connectivity index (χ2n) is 3.65. The van der Waals surface area contributed by atoms with Gasteiger partial charge in [0.15, 0.2) is 0 Å². The highest BCUT2D eigenvalue weighted by atomic mass is 19.1. The molecule has 0 saturated heterocycles. The van der Waals surface area contributed by atoms with Gasteiger partial charge in [-0.05, 0) is 43.3 Å². The van der Waals surface area contributed by atoms with Crippen LogP contribution in [0.15, 0.2) is 45.9 Å². The SMILES string of the molecule is Cc1ccc(/C=N\NC(=O)c2ccc(F)cc2)o1. The second kappa shape index (κ2) is 5.27. The molecule has 1 N–H and O–H groups in total. The highest BCUT2D eigenvalue weighted by molar-refractivity contribution is 5.94. The van der Waals surface area contributed by atoms with E-state index in [1.165, 1.54) is 30.5 Å². The molecule has 0 radical (unpaired) electrons. The summed E-state index contributed by atoms with van der Waals surface area (Å²) in [5, 5.41) is 3.74. The summed E-state index contributed by atoms with van der Waals surface area (Å²) in [4.78, 5) is 11.6. The molecule has 4 nitrogen and oxygen atoms in total. The van der Waals surface area contributed by atoms with Gasteiger partial charge in [0, 0.05) is 5.56 Å². The number of nitrogens with one attached hydrogen (secondary N) is 1. The summed E-state index contributed by atoms with van der Waals surface area (Å²) >= 11 is 0. The largest absolute Gasteiger partial charge is 0.460 e. The molecule has 1 heterocycles. The average Bonchev–Trinajstić information content (AvgIpc) is 2.76. The maximum atomic E-state index is 12.7. The number of nitrogens with zero attached hydrogens (tertiary/aromatic N) is 1. The molecular weight excluding hydrogens is 235 g/mol. The molecule has 5 heteroatoms. The highest BCUT2D eigenvalue weighted by Crippen LogP contribution is 2.04. The van der Waals surface area contributed by atoms with Crippen LogP contribution in [0.2, 0.25) is 0 Å². The zero-order valence-electron chi connectivity index (χ0n) is 9.68. The molecule has 0 aliphatic heterocycles. The van der Waals surface area contributed by atoms with E-state index in [-0.39, 0.29) is 5.82 Å². The number of hydrazone groups is 1. The van der Waals surface area contributed by atoms with Crippen molar-refractivity contribution in [3.05, 3.63) is 59.3 Å². The number of rotatable bonds is 3. The van der Waals surface area contributed by atoms with Gasteiger partial charge in [-0.2, -0.15) is 5.10 Å². The van der Waals surface area contributed by atoms with E-state index in [0.717, 1.165) is 5.76 Å². The predicted octanol–water partition coefficient (Wildman–Crippen LogP) is 2.49. The van der Waals surface area contributed by atoms with Gasteiger partial charge in [0.05, 0.1) is 6.21 Å². The van der Waals surface area contributed by atoms with E-state index >= 15 is 0 Å². The lowest BCUT2D eigenvalue weighted by atomic mass is 10.2. The van der Waals surface area contributed by atoms with Crippen LogP contribution in [0.4, 0.5) is 4.39 Å². The number of aryl methyl sites for hydroxylation is 1. The normalized spacial score (nSPS) is 10.8. The molecule has 1 amide bonds. The van der Waals surface area contributed by atoms with Crippen LogP contribution in [-0.2, 0) is 0 Å². The van der Waals surface area contributed by atoms with E-state index in [9.17, 15) is 9.18 Å². The van der Waals surface area contributed by atoms with Gasteiger partial charge in [-0.3, -0.25) is 4.79 Å². The molecule has 1 aromatic carbocycles. The first-order chi connectivity index (χ1) is 8.65. The molecule has 1 aromatic heterocycles. The van der Waals surface area contributed by atoms with Crippen molar-refractivity contribution >= 4 is 12.1 Å². The first-order valence-corrected chi connectivity index (χ1v) is 5.30. The Balaban J connectivity index is 1.96. The number of halogens is 1. The first-order valence-electron chi connectivity index (χ1n) is 5.30. The molecule has 0 aliphatic carbocycles. The number of furan rings is 1. The van der Waals surface area contributed by atoms with E-state index in [1.54, 1.807) is 12.1 Å². The Labute approximate surface area is 103 Å². The minimum Gasteiger partial charge on any atom is -0.460 e. The van der Waals surface area contributed by atoms with Crippen molar-refractivity contribution in [2.75, 3.05) is 0 Å².